The number of fused-ring (bicyclic) bond motifs is 2. The summed E-state index contributed by atoms with van der Waals surface area (Å²) in [6, 6.07) is 12.2. The quantitative estimate of drug-likeness (QED) is 0.445. The van der Waals surface area contributed by atoms with Gasteiger partial charge in [-0.1, -0.05) is 12.1 Å². The van der Waals surface area contributed by atoms with E-state index in [0.29, 0.717) is 18.1 Å². The molecule has 2 fully saturated rings. The second-order valence-electron chi connectivity index (χ2n) is 10.1. The van der Waals surface area contributed by atoms with Crippen molar-refractivity contribution in [1.82, 2.24) is 24.6 Å². The first-order valence-electron chi connectivity index (χ1n) is 12.8. The molecule has 35 heavy (non-hydrogen) atoms. The molecule has 1 N–H and O–H groups in total. The molecule has 0 amide bonds. The van der Waals surface area contributed by atoms with Crippen LogP contribution in [-0.2, 0) is 4.74 Å². The van der Waals surface area contributed by atoms with E-state index in [-0.39, 0.29) is 0 Å². The van der Waals surface area contributed by atoms with Gasteiger partial charge in [-0.2, -0.15) is 9.61 Å². The Labute approximate surface area is 205 Å². The van der Waals surface area contributed by atoms with E-state index in [0.717, 1.165) is 77.9 Å². The average molecular weight is 472 g/mol. The zero-order valence-corrected chi connectivity index (χ0v) is 20.7. The van der Waals surface area contributed by atoms with Crippen molar-refractivity contribution in [3.8, 4) is 11.4 Å². The monoisotopic (exact) mass is 471 g/mol. The Morgan fingerprint density at radius 1 is 0.971 bits per heavy atom. The maximum atomic E-state index is 5.94. The van der Waals surface area contributed by atoms with E-state index in [9.17, 15) is 0 Å². The molecule has 0 saturated carbocycles. The Balaban J connectivity index is 1.38. The molecule has 0 spiro atoms. The summed E-state index contributed by atoms with van der Waals surface area (Å²) in [5, 5.41) is 8.67. The van der Waals surface area contributed by atoms with Crippen molar-refractivity contribution in [3.63, 3.8) is 0 Å². The van der Waals surface area contributed by atoms with Crippen molar-refractivity contribution in [2.24, 2.45) is 5.92 Å². The second-order valence-corrected chi connectivity index (χ2v) is 10.1. The van der Waals surface area contributed by atoms with Gasteiger partial charge in [-0.25, -0.2) is 15.0 Å². The molecule has 5 heterocycles. The number of anilines is 2. The van der Waals surface area contributed by atoms with E-state index >= 15 is 0 Å². The SMILES string of the molecule is Cc1nc2ccccc2nc1-c1cc2nc(N3CCCC3)cc(NCC3C[C@@H](C)O[C@@H](C)C3)n2n1. The molecule has 1 unspecified atom stereocenters. The number of aryl methyl sites for hydroxylation is 1. The molecule has 2 aliphatic rings. The second kappa shape index (κ2) is 9.07. The lowest BCUT2D eigenvalue weighted by Crippen LogP contribution is -2.33. The number of para-hydroxylation sites is 2. The summed E-state index contributed by atoms with van der Waals surface area (Å²) in [4.78, 5) is 17.0. The lowest BCUT2D eigenvalue weighted by Gasteiger charge is -2.32. The van der Waals surface area contributed by atoms with Crippen LogP contribution in [0, 0.1) is 12.8 Å². The first kappa shape index (κ1) is 22.2. The Morgan fingerprint density at radius 2 is 1.69 bits per heavy atom. The van der Waals surface area contributed by atoms with Crippen LogP contribution in [0.4, 0.5) is 11.6 Å². The maximum absolute atomic E-state index is 5.94. The highest BCUT2D eigenvalue weighted by Crippen LogP contribution is 2.29. The summed E-state index contributed by atoms with van der Waals surface area (Å²) in [5.74, 6) is 2.55. The van der Waals surface area contributed by atoms with Crippen molar-refractivity contribution in [2.75, 3.05) is 29.9 Å². The van der Waals surface area contributed by atoms with E-state index in [1.807, 2.05) is 41.8 Å². The Kier molecular flexibility index (Phi) is 5.76. The fraction of sp³-hybridized carbons (Fsp3) is 0.481. The van der Waals surface area contributed by atoms with Crippen molar-refractivity contribution in [2.45, 2.75) is 58.7 Å². The van der Waals surface area contributed by atoms with E-state index in [4.69, 9.17) is 24.8 Å². The maximum Gasteiger partial charge on any atom is 0.160 e. The van der Waals surface area contributed by atoms with Crippen molar-refractivity contribution < 1.29 is 4.74 Å². The molecule has 0 radical (unpaired) electrons. The first-order chi connectivity index (χ1) is 17.0. The molecule has 8 heteroatoms. The predicted octanol–water partition coefficient (Wildman–Crippen LogP) is 4.86. The van der Waals surface area contributed by atoms with Crippen LogP contribution < -0.4 is 10.2 Å². The smallest absolute Gasteiger partial charge is 0.160 e. The van der Waals surface area contributed by atoms with Crippen LogP contribution >= 0.6 is 0 Å². The number of benzene rings is 1. The van der Waals surface area contributed by atoms with Gasteiger partial charge in [0.15, 0.2) is 5.65 Å². The van der Waals surface area contributed by atoms with Crippen LogP contribution in [0.15, 0.2) is 36.4 Å². The largest absolute Gasteiger partial charge is 0.376 e. The van der Waals surface area contributed by atoms with Gasteiger partial charge in [0.25, 0.3) is 0 Å². The van der Waals surface area contributed by atoms with Gasteiger partial charge in [-0.3, -0.25) is 0 Å². The summed E-state index contributed by atoms with van der Waals surface area (Å²) in [6.07, 6.45) is 5.16. The Morgan fingerprint density at radius 3 is 2.43 bits per heavy atom. The van der Waals surface area contributed by atoms with E-state index < -0.39 is 0 Å². The lowest BCUT2D eigenvalue weighted by atomic mass is 9.92. The number of nitrogens with zero attached hydrogens (tertiary/aromatic N) is 6. The number of hydrogen-bond acceptors (Lipinski definition) is 7. The third kappa shape index (κ3) is 4.43. The summed E-state index contributed by atoms with van der Waals surface area (Å²) >= 11 is 0. The van der Waals surface area contributed by atoms with Crippen LogP contribution in [0.5, 0.6) is 0 Å². The number of rotatable bonds is 5. The van der Waals surface area contributed by atoms with Gasteiger partial charge in [-0.15, -0.1) is 0 Å². The van der Waals surface area contributed by atoms with Crippen molar-refractivity contribution in [3.05, 3.63) is 42.1 Å². The average Bonchev–Trinajstić information content (AvgIpc) is 3.51. The highest BCUT2D eigenvalue weighted by atomic mass is 16.5. The highest BCUT2D eigenvalue weighted by Gasteiger charge is 2.25. The van der Waals surface area contributed by atoms with Crippen molar-refractivity contribution in [1.29, 1.82) is 0 Å². The van der Waals surface area contributed by atoms with E-state index in [1.54, 1.807) is 0 Å². The normalized spacial score (nSPS) is 22.8. The topological polar surface area (TPSA) is 80.5 Å². The molecule has 2 aliphatic heterocycles. The fourth-order valence-electron chi connectivity index (χ4n) is 5.60. The van der Waals surface area contributed by atoms with Gasteiger partial charge in [0, 0.05) is 31.8 Å². The minimum atomic E-state index is 0.300. The summed E-state index contributed by atoms with van der Waals surface area (Å²) in [5.41, 5.74) is 5.06. The molecule has 3 atom stereocenters. The van der Waals surface area contributed by atoms with Gasteiger partial charge < -0.3 is 15.0 Å². The molecule has 2 saturated heterocycles. The van der Waals surface area contributed by atoms with E-state index in [2.05, 4.69) is 30.1 Å². The van der Waals surface area contributed by atoms with Gasteiger partial charge in [-0.05, 0) is 64.5 Å². The number of hydrogen-bond donors (Lipinski definition) is 1. The minimum absolute atomic E-state index is 0.300. The molecular formula is C27H33N7O. The van der Waals surface area contributed by atoms with Crippen LogP contribution in [0.3, 0.4) is 0 Å². The third-order valence-corrected chi connectivity index (χ3v) is 7.20. The molecule has 1 aromatic carbocycles. The van der Waals surface area contributed by atoms with Crippen LogP contribution in [0.1, 0.15) is 45.2 Å². The standard InChI is InChI=1S/C27H33N7O/c1-17-12-20(13-18(2)35-17)16-28-24-15-25(33-10-6-7-11-33)31-26-14-23(32-34(24)26)27-19(3)29-21-8-4-5-9-22(21)30-27/h4-5,8-9,14-15,17-18,20,28H,6-7,10-13,16H2,1-3H3/t17-,18+,20?. The summed E-state index contributed by atoms with van der Waals surface area (Å²) in [7, 11) is 0. The number of nitrogens with one attached hydrogen (secondary N) is 1. The molecule has 182 valence electrons. The predicted molar refractivity (Wildman–Crippen MR) is 139 cm³/mol. The molecule has 0 bridgehead atoms. The number of ether oxygens (including phenoxy) is 1. The Hall–Kier alpha value is -3.26. The molecule has 6 rings (SSSR count). The minimum Gasteiger partial charge on any atom is -0.376 e. The molecular weight excluding hydrogens is 438 g/mol. The fourth-order valence-corrected chi connectivity index (χ4v) is 5.60. The van der Waals surface area contributed by atoms with Gasteiger partial charge in [0.2, 0.25) is 0 Å². The lowest BCUT2D eigenvalue weighted by molar-refractivity contribution is -0.0495. The first-order valence-corrected chi connectivity index (χ1v) is 12.8. The van der Waals surface area contributed by atoms with Crippen molar-refractivity contribution >= 4 is 28.3 Å². The summed E-state index contributed by atoms with van der Waals surface area (Å²) in [6.45, 7) is 9.33. The highest BCUT2D eigenvalue weighted by molar-refractivity contribution is 5.78. The Bertz CT molecular complexity index is 1350. The van der Waals surface area contributed by atoms with Gasteiger partial charge >= 0.3 is 0 Å². The summed E-state index contributed by atoms with van der Waals surface area (Å²) < 4.78 is 7.87. The molecule has 3 aromatic heterocycles. The van der Waals surface area contributed by atoms with Crippen LogP contribution in [0.2, 0.25) is 0 Å². The van der Waals surface area contributed by atoms with E-state index in [1.165, 1.54) is 12.8 Å². The van der Waals surface area contributed by atoms with Crippen LogP contribution in [0.25, 0.3) is 28.1 Å². The van der Waals surface area contributed by atoms with Gasteiger partial charge in [0.05, 0.1) is 28.9 Å². The third-order valence-electron chi connectivity index (χ3n) is 7.20. The zero-order chi connectivity index (χ0) is 23.9. The molecule has 8 nitrogen and oxygen atoms in total. The molecule has 0 aliphatic carbocycles. The zero-order valence-electron chi connectivity index (χ0n) is 20.7. The molecule has 4 aromatic rings. The van der Waals surface area contributed by atoms with Gasteiger partial charge in [0.1, 0.15) is 23.0 Å². The van der Waals surface area contributed by atoms with Crippen LogP contribution in [-0.4, -0.2) is 56.4 Å². The number of aromatic nitrogens is 5.